The molecule has 3 aromatic rings. The summed E-state index contributed by atoms with van der Waals surface area (Å²) in [4.78, 5) is 0. The summed E-state index contributed by atoms with van der Waals surface area (Å²) in [5, 5.41) is 31.5. The fourth-order valence-electron chi connectivity index (χ4n) is 5.56. The fraction of sp³-hybridized carbons (Fsp3) is 0.538. The third kappa shape index (κ3) is 18.3. The number of hydrogen-bond donors (Lipinski definition) is 3. The van der Waals surface area contributed by atoms with Gasteiger partial charge in [0.15, 0.2) is 0 Å². The molecule has 0 amide bonds. The van der Waals surface area contributed by atoms with Crippen molar-refractivity contribution in [3.05, 3.63) is 89.5 Å². The minimum atomic E-state index is -3.45. The quantitative estimate of drug-likeness (QED) is 0.0438. The second kappa shape index (κ2) is 27.8. The van der Waals surface area contributed by atoms with Crippen molar-refractivity contribution in [2.45, 2.75) is 58.8 Å². The first kappa shape index (κ1) is 52.1. The molecular weight excluding hydrogens is 832 g/mol. The molecular formula is C39H62O15P4. The molecule has 0 fully saturated rings. The summed E-state index contributed by atoms with van der Waals surface area (Å²) in [6, 6.07) is 22.4. The van der Waals surface area contributed by atoms with Crippen molar-refractivity contribution < 1.29 is 70.3 Å². The Morgan fingerprint density at radius 3 is 1.12 bits per heavy atom. The van der Waals surface area contributed by atoms with Crippen molar-refractivity contribution in [1.29, 1.82) is 0 Å². The van der Waals surface area contributed by atoms with E-state index in [0.717, 1.165) is 16.7 Å². The van der Waals surface area contributed by atoms with E-state index in [1.807, 2.05) is 55.5 Å². The molecule has 0 spiro atoms. The number of benzene rings is 3. The van der Waals surface area contributed by atoms with Crippen molar-refractivity contribution in [1.82, 2.24) is 0 Å². The Morgan fingerprint density at radius 2 is 0.828 bits per heavy atom. The van der Waals surface area contributed by atoms with Gasteiger partial charge in [0.2, 0.25) is 0 Å². The second-order valence-electron chi connectivity index (χ2n) is 12.4. The largest absolute Gasteiger partial charge is 0.491 e. The van der Waals surface area contributed by atoms with Gasteiger partial charge in [0.05, 0.1) is 64.2 Å². The van der Waals surface area contributed by atoms with Crippen molar-refractivity contribution >= 4 is 33.7 Å². The van der Waals surface area contributed by atoms with Crippen molar-refractivity contribution in [2.24, 2.45) is 0 Å². The van der Waals surface area contributed by atoms with Crippen LogP contribution in [0.4, 0.5) is 0 Å². The first-order chi connectivity index (χ1) is 27.4. The summed E-state index contributed by atoms with van der Waals surface area (Å²) in [5.74, 6) is 1.31. The third-order valence-corrected chi connectivity index (χ3v) is 13.4. The van der Waals surface area contributed by atoms with Crippen LogP contribution in [0, 0.1) is 0 Å². The fourth-order valence-corrected chi connectivity index (χ4v) is 9.74. The molecule has 3 N–H and O–H groups in total. The van der Waals surface area contributed by atoms with Crippen LogP contribution < -0.4 is 14.2 Å². The smallest absolute Gasteiger partial charge is 0.333 e. The highest BCUT2D eigenvalue weighted by molar-refractivity contribution is 7.54. The normalized spacial score (nSPS) is 14.5. The topological polar surface area (TPSA) is 187 Å². The molecule has 0 saturated heterocycles. The summed E-state index contributed by atoms with van der Waals surface area (Å²) in [6.07, 6.45) is -3.43. The third-order valence-electron chi connectivity index (χ3n) is 7.90. The van der Waals surface area contributed by atoms with Crippen LogP contribution in [0.5, 0.6) is 17.2 Å². The van der Waals surface area contributed by atoms with E-state index in [9.17, 15) is 24.4 Å². The van der Waals surface area contributed by atoms with Gasteiger partial charge in [0, 0.05) is 13.0 Å². The van der Waals surface area contributed by atoms with Crippen molar-refractivity contribution in [3.8, 4) is 17.2 Å². The van der Waals surface area contributed by atoms with Gasteiger partial charge in [0.1, 0.15) is 43.2 Å². The number of rotatable bonds is 30. The van der Waals surface area contributed by atoms with Gasteiger partial charge in [-0.2, -0.15) is 9.90 Å². The maximum atomic E-state index is 12.8. The molecule has 5 unspecified atom stereocenters. The molecule has 0 saturated carbocycles. The van der Waals surface area contributed by atoms with Crippen LogP contribution in [0.1, 0.15) is 57.2 Å². The van der Waals surface area contributed by atoms with Crippen LogP contribution in [0.25, 0.3) is 0 Å². The Labute approximate surface area is 347 Å². The lowest BCUT2D eigenvalue weighted by Crippen LogP contribution is -2.23. The second-order valence-corrected chi connectivity index (χ2v) is 17.9. The van der Waals surface area contributed by atoms with Gasteiger partial charge < -0.3 is 61.2 Å². The molecule has 0 radical (unpaired) electrons. The zero-order valence-corrected chi connectivity index (χ0v) is 38.4. The summed E-state index contributed by atoms with van der Waals surface area (Å²) in [7, 11) is -6.95. The highest BCUT2D eigenvalue weighted by Gasteiger charge is 2.29. The molecule has 58 heavy (non-hydrogen) atoms. The van der Waals surface area contributed by atoms with Crippen LogP contribution in [-0.2, 0) is 40.8 Å². The van der Waals surface area contributed by atoms with E-state index >= 15 is 0 Å². The van der Waals surface area contributed by atoms with Gasteiger partial charge in [-0.15, -0.1) is 0 Å². The van der Waals surface area contributed by atoms with Crippen LogP contribution >= 0.6 is 33.7 Å². The van der Waals surface area contributed by atoms with Crippen molar-refractivity contribution in [3.63, 3.8) is 0 Å². The molecule has 0 bridgehead atoms. The lowest BCUT2D eigenvalue weighted by Gasteiger charge is -2.22. The lowest BCUT2D eigenvalue weighted by atomic mass is 9.85. The predicted molar refractivity (Wildman–Crippen MR) is 229 cm³/mol. The first-order valence-electron chi connectivity index (χ1n) is 19.0. The molecule has 3 aromatic carbocycles. The number of ether oxygens (including phenoxy) is 3. The van der Waals surface area contributed by atoms with Gasteiger partial charge in [-0.1, -0.05) is 36.4 Å². The summed E-state index contributed by atoms with van der Waals surface area (Å²) in [5.41, 5.74) is 2.79. The molecule has 0 heterocycles. The Balaban J connectivity index is 0.0000116. The van der Waals surface area contributed by atoms with E-state index in [0.29, 0.717) is 23.9 Å². The molecule has 0 aliphatic heterocycles. The zero-order chi connectivity index (χ0) is 41.7. The molecule has 328 valence electrons. The van der Waals surface area contributed by atoms with Crippen LogP contribution in [0.3, 0.4) is 0 Å². The zero-order valence-electron chi connectivity index (χ0n) is 34.3. The number of hydrogen-bond acceptors (Lipinski definition) is 15. The van der Waals surface area contributed by atoms with Gasteiger partial charge in [0.25, 0.3) is 0 Å². The minimum absolute atomic E-state index is 0. The monoisotopic (exact) mass is 894 g/mol. The maximum Gasteiger partial charge on any atom is 0.333 e. The van der Waals surface area contributed by atoms with E-state index < -0.39 is 42.1 Å². The standard InChI is InChI=1S/C39H59O15P3.H3P/c1-7-49-55(45-6)50-27-33(40)24-46-36-18-12-30(13-19-36)39(31-14-20-37(21-15-31)47-25-34(41)28-56(43,51-8-2)52-9-3)32-16-22-38(23-17-32)48-26-35(42)29-57(44,53-10-4)54-11-5;/h12-23,33-35,39-42H,7-11,24-29H2,1-6H3;1H3. The Hall–Kier alpha value is -2.02. The molecule has 3 rings (SSSR count). The SMILES string of the molecule is CCOP(OC)OCC(O)COc1ccc(C(c2ccc(OCC(O)CP(=O)(OCC)OCC)cc2)c2ccc(OCC(O)CP(=O)(OCC)OCC)cc2)cc1.P. The lowest BCUT2D eigenvalue weighted by molar-refractivity contribution is 0.0520. The van der Waals surface area contributed by atoms with Gasteiger partial charge in [-0.3, -0.25) is 9.13 Å². The molecule has 5 atom stereocenters. The van der Waals surface area contributed by atoms with Crippen molar-refractivity contribution in [2.75, 3.05) is 78.9 Å². The predicted octanol–water partition coefficient (Wildman–Crippen LogP) is 7.60. The number of aliphatic hydroxyl groups excluding tert-OH is 3. The minimum Gasteiger partial charge on any atom is -0.491 e. The Kier molecular flexibility index (Phi) is 24.9. The van der Waals surface area contributed by atoms with E-state index in [1.54, 1.807) is 52.0 Å². The maximum absolute atomic E-state index is 12.8. The molecule has 0 aromatic heterocycles. The molecule has 19 heteroatoms. The molecule has 15 nitrogen and oxygen atoms in total. The Bertz CT molecular complexity index is 1530. The van der Waals surface area contributed by atoms with Gasteiger partial charge in [-0.05, 0) is 87.7 Å². The van der Waals surface area contributed by atoms with E-state index in [4.69, 9.17) is 45.9 Å². The highest BCUT2D eigenvalue weighted by Crippen LogP contribution is 2.49. The van der Waals surface area contributed by atoms with Gasteiger partial charge >= 0.3 is 23.8 Å². The highest BCUT2D eigenvalue weighted by atomic mass is 31.2. The molecule has 0 aliphatic carbocycles. The first-order valence-corrected chi connectivity index (χ1v) is 23.5. The average molecular weight is 895 g/mol. The van der Waals surface area contributed by atoms with E-state index in [1.165, 1.54) is 7.11 Å². The number of aliphatic hydroxyl groups is 3. The summed E-state index contributed by atoms with van der Waals surface area (Å²) >= 11 is 0. The van der Waals surface area contributed by atoms with Crippen LogP contribution in [-0.4, -0.2) is 113 Å². The van der Waals surface area contributed by atoms with Gasteiger partial charge in [-0.25, -0.2) is 0 Å². The van der Waals surface area contributed by atoms with E-state index in [2.05, 4.69) is 0 Å². The van der Waals surface area contributed by atoms with E-state index in [-0.39, 0.29) is 81.0 Å². The Morgan fingerprint density at radius 1 is 0.500 bits per heavy atom. The van der Waals surface area contributed by atoms with Crippen LogP contribution in [0.15, 0.2) is 72.8 Å². The van der Waals surface area contributed by atoms with Crippen LogP contribution in [0.2, 0.25) is 0 Å². The summed E-state index contributed by atoms with van der Waals surface area (Å²) in [6.45, 7) is 9.64. The molecule has 0 aliphatic rings. The summed E-state index contributed by atoms with van der Waals surface area (Å²) < 4.78 is 80.3. The average Bonchev–Trinajstić information content (AvgIpc) is 3.18.